The fraction of sp³-hybridized carbons (Fsp3) is 0.778. The summed E-state index contributed by atoms with van der Waals surface area (Å²) in [6.07, 6.45) is -0.324. The van der Waals surface area contributed by atoms with Crippen molar-refractivity contribution in [2.24, 2.45) is 0 Å². The monoisotopic (exact) mass is 183 g/mol. The second-order valence-electron chi connectivity index (χ2n) is 3.17. The molecule has 3 unspecified atom stereocenters. The highest BCUT2D eigenvalue weighted by molar-refractivity contribution is 5.96. The predicted molar refractivity (Wildman–Crippen MR) is 44.8 cm³/mol. The Kier molecular flexibility index (Phi) is 2.69. The number of ketones is 1. The van der Waals surface area contributed by atoms with Crippen LogP contribution < -0.4 is 0 Å². The molecular weight excluding hydrogens is 170 g/mol. The summed E-state index contributed by atoms with van der Waals surface area (Å²) in [5.74, 6) is -0.496. The molecule has 1 aliphatic rings. The number of rotatable bonds is 2. The van der Waals surface area contributed by atoms with Gasteiger partial charge in [-0.15, -0.1) is 0 Å². The lowest BCUT2D eigenvalue weighted by molar-refractivity contribution is -0.130. The summed E-state index contributed by atoms with van der Waals surface area (Å²) in [6, 6.07) is 1.64. The molecule has 4 nitrogen and oxygen atoms in total. The van der Waals surface area contributed by atoms with Crippen LogP contribution in [0.5, 0.6) is 0 Å². The van der Waals surface area contributed by atoms with Crippen molar-refractivity contribution in [3.8, 4) is 6.07 Å². The average molecular weight is 183 g/mol. The summed E-state index contributed by atoms with van der Waals surface area (Å²) in [7, 11) is 0. The predicted octanol–water partition coefficient (Wildman–Crippen LogP) is 0.398. The van der Waals surface area contributed by atoms with Crippen molar-refractivity contribution in [3.63, 3.8) is 0 Å². The summed E-state index contributed by atoms with van der Waals surface area (Å²) in [5, 5.41) is 18.4. The molecule has 4 heteroatoms. The first-order chi connectivity index (χ1) is 6.10. The Morgan fingerprint density at radius 2 is 2.23 bits per heavy atom. The molecule has 0 bridgehead atoms. The normalized spacial score (nSPS) is 39.1. The Morgan fingerprint density at radius 1 is 1.62 bits per heavy atom. The average Bonchev–Trinajstić information content (AvgIpc) is 2.41. The molecule has 0 aromatic rings. The third-order valence-corrected chi connectivity index (χ3v) is 2.37. The summed E-state index contributed by atoms with van der Waals surface area (Å²) in [6.45, 7) is 3.57. The van der Waals surface area contributed by atoms with Crippen molar-refractivity contribution in [3.05, 3.63) is 0 Å². The van der Waals surface area contributed by atoms with Crippen molar-refractivity contribution < 1.29 is 14.6 Å². The Labute approximate surface area is 77.1 Å². The molecule has 1 N–H and O–H groups in total. The Morgan fingerprint density at radius 3 is 2.54 bits per heavy atom. The van der Waals surface area contributed by atoms with Gasteiger partial charge in [-0.1, -0.05) is 13.8 Å². The van der Waals surface area contributed by atoms with Gasteiger partial charge in [0.2, 0.25) is 11.4 Å². The maximum absolute atomic E-state index is 11.5. The number of nitrogens with zero attached hydrogens (tertiary/aromatic N) is 1. The zero-order valence-electron chi connectivity index (χ0n) is 7.78. The summed E-state index contributed by atoms with van der Waals surface area (Å²) >= 11 is 0. The highest BCUT2D eigenvalue weighted by Gasteiger charge is 2.54. The lowest BCUT2D eigenvalue weighted by atomic mass is 9.92. The topological polar surface area (TPSA) is 70.3 Å². The number of Topliss-reactive ketones (excluding diaryl/α,β-unsaturated/α-hetero) is 1. The lowest BCUT2D eigenvalue weighted by Gasteiger charge is -2.16. The minimum atomic E-state index is -1.92. The van der Waals surface area contributed by atoms with E-state index in [9.17, 15) is 9.90 Å². The molecule has 3 atom stereocenters. The van der Waals surface area contributed by atoms with Gasteiger partial charge in [0.05, 0.1) is 0 Å². The number of hydrogen-bond donors (Lipinski definition) is 1. The molecule has 0 amide bonds. The van der Waals surface area contributed by atoms with Gasteiger partial charge in [0, 0.05) is 0 Å². The third-order valence-electron chi connectivity index (χ3n) is 2.37. The molecule has 1 aliphatic heterocycles. The molecule has 72 valence electrons. The summed E-state index contributed by atoms with van der Waals surface area (Å²) in [5.41, 5.74) is -1.92. The zero-order chi connectivity index (χ0) is 10.1. The molecule has 0 spiro atoms. The SMILES string of the molecule is CCC1OC(CC)C(O)(C#N)C1=O. The summed E-state index contributed by atoms with van der Waals surface area (Å²) < 4.78 is 5.26. The number of carbonyl (C=O) groups excluding carboxylic acids is 1. The standard InChI is InChI=1S/C9H13NO3/c1-3-6-8(11)9(12,5-10)7(4-2)13-6/h6-7,12H,3-4H2,1-2H3. The minimum absolute atomic E-state index is 0.465. The van der Waals surface area contributed by atoms with Crippen LogP contribution in [0, 0.1) is 11.3 Å². The van der Waals surface area contributed by atoms with Crippen molar-refractivity contribution in [1.29, 1.82) is 5.26 Å². The van der Waals surface area contributed by atoms with E-state index in [0.29, 0.717) is 12.8 Å². The maximum atomic E-state index is 11.5. The molecule has 13 heavy (non-hydrogen) atoms. The number of ether oxygens (including phenoxy) is 1. The van der Waals surface area contributed by atoms with Gasteiger partial charge in [-0.2, -0.15) is 5.26 Å². The molecule has 0 saturated carbocycles. The number of aliphatic hydroxyl groups is 1. The van der Waals surface area contributed by atoms with E-state index >= 15 is 0 Å². The molecule has 0 radical (unpaired) electrons. The Bertz CT molecular complexity index is 258. The minimum Gasteiger partial charge on any atom is -0.367 e. The molecule has 0 aromatic carbocycles. The van der Waals surface area contributed by atoms with Crippen LogP contribution in [0.25, 0.3) is 0 Å². The van der Waals surface area contributed by atoms with Crippen molar-refractivity contribution in [2.45, 2.75) is 44.5 Å². The second-order valence-corrected chi connectivity index (χ2v) is 3.17. The quantitative estimate of drug-likeness (QED) is 0.629. The first-order valence-corrected chi connectivity index (χ1v) is 4.43. The molecule has 0 aliphatic carbocycles. The number of hydrogen-bond acceptors (Lipinski definition) is 4. The van der Waals surface area contributed by atoms with Gasteiger partial charge in [-0.25, -0.2) is 0 Å². The highest BCUT2D eigenvalue weighted by atomic mass is 16.5. The first kappa shape index (κ1) is 10.2. The van der Waals surface area contributed by atoms with E-state index in [-0.39, 0.29) is 0 Å². The van der Waals surface area contributed by atoms with Crippen LogP contribution in [0.15, 0.2) is 0 Å². The van der Waals surface area contributed by atoms with Gasteiger partial charge in [0.15, 0.2) is 0 Å². The van der Waals surface area contributed by atoms with E-state index < -0.39 is 23.6 Å². The van der Waals surface area contributed by atoms with Crippen LogP contribution >= 0.6 is 0 Å². The molecule has 1 rings (SSSR count). The fourth-order valence-corrected chi connectivity index (χ4v) is 1.56. The number of carbonyl (C=O) groups is 1. The molecule has 1 fully saturated rings. The maximum Gasteiger partial charge on any atom is 0.239 e. The van der Waals surface area contributed by atoms with Crippen LogP contribution in [0.3, 0.4) is 0 Å². The first-order valence-electron chi connectivity index (χ1n) is 4.43. The van der Waals surface area contributed by atoms with Gasteiger partial charge in [-0.05, 0) is 12.8 Å². The lowest BCUT2D eigenvalue weighted by Crippen LogP contribution is -2.43. The van der Waals surface area contributed by atoms with Crippen LogP contribution in [-0.2, 0) is 9.53 Å². The van der Waals surface area contributed by atoms with Gasteiger partial charge >= 0.3 is 0 Å². The molecule has 0 aromatic heterocycles. The molecule has 1 saturated heterocycles. The van der Waals surface area contributed by atoms with Crippen molar-refractivity contribution in [1.82, 2.24) is 0 Å². The van der Waals surface area contributed by atoms with E-state index in [2.05, 4.69) is 0 Å². The van der Waals surface area contributed by atoms with Gasteiger partial charge in [0.25, 0.3) is 0 Å². The van der Waals surface area contributed by atoms with E-state index in [1.165, 1.54) is 0 Å². The fourth-order valence-electron chi connectivity index (χ4n) is 1.56. The zero-order valence-corrected chi connectivity index (χ0v) is 7.78. The van der Waals surface area contributed by atoms with Crippen LogP contribution in [0.1, 0.15) is 26.7 Å². The van der Waals surface area contributed by atoms with E-state index in [4.69, 9.17) is 10.00 Å². The van der Waals surface area contributed by atoms with Gasteiger partial charge in [-0.3, -0.25) is 4.79 Å². The van der Waals surface area contributed by atoms with E-state index in [1.807, 2.05) is 0 Å². The second kappa shape index (κ2) is 3.44. The van der Waals surface area contributed by atoms with Crippen molar-refractivity contribution >= 4 is 5.78 Å². The summed E-state index contributed by atoms with van der Waals surface area (Å²) in [4.78, 5) is 11.5. The largest absolute Gasteiger partial charge is 0.367 e. The Balaban J connectivity index is 2.95. The van der Waals surface area contributed by atoms with Gasteiger partial charge < -0.3 is 9.84 Å². The van der Waals surface area contributed by atoms with Crippen LogP contribution in [0.4, 0.5) is 0 Å². The van der Waals surface area contributed by atoms with Crippen LogP contribution in [0.2, 0.25) is 0 Å². The van der Waals surface area contributed by atoms with Crippen molar-refractivity contribution in [2.75, 3.05) is 0 Å². The highest BCUT2D eigenvalue weighted by Crippen LogP contribution is 2.30. The smallest absolute Gasteiger partial charge is 0.239 e. The van der Waals surface area contributed by atoms with E-state index in [1.54, 1.807) is 19.9 Å². The van der Waals surface area contributed by atoms with Gasteiger partial charge in [0.1, 0.15) is 18.3 Å². The third kappa shape index (κ3) is 1.34. The molecular formula is C9H13NO3. The number of nitriles is 1. The Hall–Kier alpha value is -0.920. The van der Waals surface area contributed by atoms with Crippen LogP contribution in [-0.4, -0.2) is 28.7 Å². The van der Waals surface area contributed by atoms with E-state index in [0.717, 1.165) is 0 Å². The molecule has 1 heterocycles.